The summed E-state index contributed by atoms with van der Waals surface area (Å²) in [6.07, 6.45) is -3.48. The van der Waals surface area contributed by atoms with Crippen LogP contribution in [0.2, 0.25) is 0 Å². The summed E-state index contributed by atoms with van der Waals surface area (Å²) in [5.41, 5.74) is 0.849. The zero-order valence-electron chi connectivity index (χ0n) is 22.9. The van der Waals surface area contributed by atoms with Crippen LogP contribution in [0.3, 0.4) is 0 Å². The summed E-state index contributed by atoms with van der Waals surface area (Å²) in [6.45, 7) is 9.29. The van der Waals surface area contributed by atoms with E-state index in [9.17, 15) is 27.6 Å². The molecule has 0 radical (unpaired) electrons. The molecule has 39 heavy (non-hydrogen) atoms. The lowest BCUT2D eigenvalue weighted by Gasteiger charge is -2.30. The van der Waals surface area contributed by atoms with Crippen molar-refractivity contribution in [3.8, 4) is 5.75 Å². The Labute approximate surface area is 227 Å². The van der Waals surface area contributed by atoms with E-state index in [1.165, 1.54) is 24.3 Å². The Hall–Kier alpha value is -3.56. The molecule has 0 aliphatic heterocycles. The molecule has 0 aliphatic carbocycles. The Morgan fingerprint density at radius 1 is 0.897 bits per heavy atom. The van der Waals surface area contributed by atoms with Gasteiger partial charge < -0.3 is 19.5 Å². The van der Waals surface area contributed by atoms with Crippen LogP contribution >= 0.6 is 0 Å². The first-order chi connectivity index (χ1) is 18.2. The number of ether oxygens (including phenoxy) is 3. The van der Waals surface area contributed by atoms with E-state index in [0.717, 1.165) is 12.0 Å². The molecule has 10 heteroatoms. The van der Waals surface area contributed by atoms with Gasteiger partial charge in [-0.3, -0.25) is 14.4 Å². The Bertz CT molecular complexity index is 1090. The van der Waals surface area contributed by atoms with Gasteiger partial charge in [0.05, 0.1) is 18.9 Å². The predicted molar refractivity (Wildman–Crippen MR) is 139 cm³/mol. The number of amides is 1. The average molecular weight is 552 g/mol. The van der Waals surface area contributed by atoms with Crippen LogP contribution < -0.4 is 10.1 Å². The van der Waals surface area contributed by atoms with Gasteiger partial charge in [0.25, 0.3) is 5.91 Å². The highest BCUT2D eigenvalue weighted by molar-refractivity contribution is 5.94. The van der Waals surface area contributed by atoms with E-state index in [0.29, 0.717) is 17.5 Å². The van der Waals surface area contributed by atoms with Crippen LogP contribution in [0.15, 0.2) is 48.5 Å². The Morgan fingerprint density at radius 2 is 1.49 bits per heavy atom. The summed E-state index contributed by atoms with van der Waals surface area (Å²) in [5.74, 6) is -2.84. The molecule has 2 atom stereocenters. The van der Waals surface area contributed by atoms with Crippen LogP contribution in [0.4, 0.5) is 13.2 Å². The third-order valence-corrected chi connectivity index (χ3v) is 5.66. The normalized spacial score (nSPS) is 13.2. The van der Waals surface area contributed by atoms with Gasteiger partial charge in [-0.2, -0.15) is 0 Å². The van der Waals surface area contributed by atoms with Gasteiger partial charge in [0, 0.05) is 18.0 Å². The maximum Gasteiger partial charge on any atom is 0.573 e. The highest BCUT2D eigenvalue weighted by atomic mass is 19.4. The molecule has 0 saturated carbocycles. The number of benzene rings is 2. The number of halogens is 3. The molecule has 1 amide bonds. The molecule has 214 valence electrons. The second-order valence-corrected chi connectivity index (χ2v) is 9.96. The predicted octanol–water partition coefficient (Wildman–Crippen LogP) is 6.28. The molecule has 0 spiro atoms. The quantitative estimate of drug-likeness (QED) is 0.313. The van der Waals surface area contributed by atoms with Gasteiger partial charge in [-0.25, -0.2) is 0 Å². The molecule has 0 fully saturated rings. The van der Waals surface area contributed by atoms with Gasteiger partial charge >= 0.3 is 18.3 Å². The van der Waals surface area contributed by atoms with Crippen molar-refractivity contribution >= 4 is 17.8 Å². The van der Waals surface area contributed by atoms with Crippen molar-refractivity contribution in [2.75, 3.05) is 13.2 Å². The third-order valence-electron chi connectivity index (χ3n) is 5.66. The lowest BCUT2D eigenvalue weighted by Crippen LogP contribution is -2.31. The lowest BCUT2D eigenvalue weighted by atomic mass is 9.78. The van der Waals surface area contributed by atoms with E-state index in [-0.39, 0.29) is 37.1 Å². The molecule has 0 saturated heterocycles. The molecule has 2 aromatic rings. The van der Waals surface area contributed by atoms with Crippen LogP contribution in [0, 0.1) is 0 Å². The fourth-order valence-electron chi connectivity index (χ4n) is 4.11. The Balaban J connectivity index is 2.33. The highest BCUT2D eigenvalue weighted by Gasteiger charge is 2.35. The topological polar surface area (TPSA) is 90.9 Å². The molecule has 1 unspecified atom stereocenters. The van der Waals surface area contributed by atoms with Crippen LogP contribution in [-0.4, -0.2) is 43.0 Å². The smallest absolute Gasteiger partial charge is 0.466 e. The van der Waals surface area contributed by atoms with E-state index in [1.807, 2.05) is 6.92 Å². The van der Waals surface area contributed by atoms with E-state index in [4.69, 9.17) is 9.47 Å². The van der Waals surface area contributed by atoms with E-state index >= 15 is 0 Å². The second kappa shape index (κ2) is 14.0. The first-order valence-corrected chi connectivity index (χ1v) is 12.9. The van der Waals surface area contributed by atoms with Gasteiger partial charge in [-0.05, 0) is 69.5 Å². The molecule has 0 aromatic heterocycles. The summed E-state index contributed by atoms with van der Waals surface area (Å²) in [6, 6.07) is 12.0. The summed E-state index contributed by atoms with van der Waals surface area (Å²) in [7, 11) is 0. The number of carbonyl (C=O) groups is 3. The Morgan fingerprint density at radius 3 is 2.00 bits per heavy atom. The molecule has 0 bridgehead atoms. The number of rotatable bonds is 12. The van der Waals surface area contributed by atoms with Crippen LogP contribution in [0.1, 0.15) is 87.2 Å². The molecule has 1 N–H and O–H groups in total. The van der Waals surface area contributed by atoms with Gasteiger partial charge in [0.1, 0.15) is 11.4 Å². The highest BCUT2D eigenvalue weighted by Crippen LogP contribution is 2.39. The number of hydrogen-bond acceptors (Lipinski definition) is 6. The lowest BCUT2D eigenvalue weighted by molar-refractivity contribution is -0.274. The zero-order valence-corrected chi connectivity index (χ0v) is 22.9. The zero-order chi connectivity index (χ0) is 29.2. The van der Waals surface area contributed by atoms with Crippen LogP contribution in [0.25, 0.3) is 0 Å². The van der Waals surface area contributed by atoms with E-state index in [1.54, 1.807) is 52.0 Å². The van der Waals surface area contributed by atoms with E-state index in [2.05, 4.69) is 10.1 Å². The van der Waals surface area contributed by atoms with Crippen molar-refractivity contribution in [2.45, 2.75) is 77.7 Å². The number of hydrogen-bond donors (Lipinski definition) is 1. The van der Waals surface area contributed by atoms with E-state index < -0.39 is 29.8 Å². The van der Waals surface area contributed by atoms with Crippen molar-refractivity contribution in [1.29, 1.82) is 0 Å². The van der Waals surface area contributed by atoms with Crippen LogP contribution in [0.5, 0.6) is 5.75 Å². The largest absolute Gasteiger partial charge is 0.573 e. The molecular weight excluding hydrogens is 515 g/mol. The minimum atomic E-state index is -4.83. The number of nitrogens with one attached hydrogen (secondary N) is 1. The summed E-state index contributed by atoms with van der Waals surface area (Å²) in [5, 5.41) is 2.67. The Kier molecular flexibility index (Phi) is 11.4. The molecule has 0 aliphatic rings. The fourth-order valence-corrected chi connectivity index (χ4v) is 4.11. The SMILES string of the molecule is CCC[C@@H](c1ccc(C(=O)NCCC(=O)OCC)cc1)C(C(=O)OC(C)(C)C)c1ccc(OC(F)(F)F)cc1. The van der Waals surface area contributed by atoms with Crippen molar-refractivity contribution in [1.82, 2.24) is 5.32 Å². The number of carbonyl (C=O) groups excluding carboxylic acids is 3. The van der Waals surface area contributed by atoms with Crippen molar-refractivity contribution in [3.05, 3.63) is 65.2 Å². The number of alkyl halides is 3. The first kappa shape index (κ1) is 31.7. The van der Waals surface area contributed by atoms with Gasteiger partial charge in [-0.15, -0.1) is 13.2 Å². The van der Waals surface area contributed by atoms with Crippen molar-refractivity contribution < 1.29 is 41.8 Å². The molecule has 0 heterocycles. The summed E-state index contributed by atoms with van der Waals surface area (Å²) in [4.78, 5) is 37.4. The molecule has 2 aromatic carbocycles. The third kappa shape index (κ3) is 10.6. The van der Waals surface area contributed by atoms with Gasteiger partial charge in [0.15, 0.2) is 0 Å². The molecule has 7 nitrogen and oxygen atoms in total. The van der Waals surface area contributed by atoms with Gasteiger partial charge in [-0.1, -0.05) is 37.6 Å². The standard InChI is InChI=1S/C29H36F3NO6/c1-6-8-23(19-9-11-21(12-10-19)26(35)33-18-17-24(34)37-7-2)25(27(36)39-28(3,4)5)20-13-15-22(16-14-20)38-29(30,31)32/h9-16,23,25H,6-8,17-18H2,1-5H3,(H,33,35)/t23-,25?/m0/s1. The number of esters is 2. The monoisotopic (exact) mass is 551 g/mol. The fraction of sp³-hybridized carbons (Fsp3) is 0.483. The summed E-state index contributed by atoms with van der Waals surface area (Å²) >= 11 is 0. The average Bonchev–Trinajstić information content (AvgIpc) is 2.83. The minimum Gasteiger partial charge on any atom is -0.466 e. The maximum atomic E-state index is 13.4. The van der Waals surface area contributed by atoms with Crippen LogP contribution in [-0.2, 0) is 19.1 Å². The summed E-state index contributed by atoms with van der Waals surface area (Å²) < 4.78 is 52.5. The van der Waals surface area contributed by atoms with Gasteiger partial charge in [0.2, 0.25) is 0 Å². The van der Waals surface area contributed by atoms with Crippen molar-refractivity contribution in [3.63, 3.8) is 0 Å². The molecule has 2 rings (SSSR count). The maximum absolute atomic E-state index is 13.4. The second-order valence-electron chi connectivity index (χ2n) is 9.96. The first-order valence-electron chi connectivity index (χ1n) is 12.9. The minimum absolute atomic E-state index is 0.0562. The molecular formula is C29H36F3NO6. The van der Waals surface area contributed by atoms with Crippen molar-refractivity contribution in [2.24, 2.45) is 0 Å².